The number of carbonyl (C=O) groups excluding carboxylic acids is 1. The first-order valence-corrected chi connectivity index (χ1v) is 10.7. The van der Waals surface area contributed by atoms with Crippen LogP contribution in [0.3, 0.4) is 0 Å². The Morgan fingerprint density at radius 2 is 1.72 bits per heavy atom. The van der Waals surface area contributed by atoms with Crippen molar-refractivity contribution in [2.45, 2.75) is 39.4 Å². The van der Waals surface area contributed by atoms with Crippen molar-refractivity contribution in [2.24, 2.45) is 0 Å². The summed E-state index contributed by atoms with van der Waals surface area (Å²) in [6.45, 7) is 5.26. The number of nitrogens with zero attached hydrogens (tertiary/aromatic N) is 1. The molecular formula is C20H23F3N2O3S. The summed E-state index contributed by atoms with van der Waals surface area (Å²) in [4.78, 5) is 12.9. The molecule has 0 aromatic heterocycles. The Kier molecular flexibility index (Phi) is 6.62. The molecule has 29 heavy (non-hydrogen) atoms. The Hall–Kier alpha value is -2.55. The van der Waals surface area contributed by atoms with E-state index >= 15 is 0 Å². The second kappa shape index (κ2) is 8.44. The standard InChI is InChI=1S/C20H23F3N2O3S/c1-5-18(19(26)24-17-9-7-6-8-16(17)20(21,22)23)25(29(4,27)28)15-11-10-13(2)14(3)12-15/h6-12,18H,5H2,1-4H3,(H,24,26). The third kappa shape index (κ3) is 5.29. The van der Waals surface area contributed by atoms with E-state index in [1.165, 1.54) is 12.1 Å². The van der Waals surface area contributed by atoms with E-state index in [0.717, 1.165) is 33.8 Å². The molecule has 2 rings (SSSR count). The molecule has 1 amide bonds. The lowest BCUT2D eigenvalue weighted by atomic mass is 10.1. The van der Waals surface area contributed by atoms with E-state index in [1.807, 2.05) is 6.92 Å². The van der Waals surface area contributed by atoms with Crippen molar-refractivity contribution in [3.63, 3.8) is 0 Å². The molecule has 0 fully saturated rings. The summed E-state index contributed by atoms with van der Waals surface area (Å²) in [5.74, 6) is -0.840. The van der Waals surface area contributed by atoms with Crippen LogP contribution in [0.2, 0.25) is 0 Å². The van der Waals surface area contributed by atoms with Crippen LogP contribution in [0.1, 0.15) is 30.0 Å². The zero-order valence-corrected chi connectivity index (χ0v) is 17.4. The normalized spacial score (nSPS) is 13.1. The number of benzene rings is 2. The number of nitrogens with one attached hydrogen (secondary N) is 1. The molecule has 2 aromatic rings. The fourth-order valence-electron chi connectivity index (χ4n) is 2.98. The molecule has 0 saturated heterocycles. The summed E-state index contributed by atoms with van der Waals surface area (Å²) in [7, 11) is -3.88. The molecule has 0 heterocycles. The number of alkyl halides is 3. The summed E-state index contributed by atoms with van der Waals surface area (Å²) < 4.78 is 65.6. The van der Waals surface area contributed by atoms with Crippen LogP contribution < -0.4 is 9.62 Å². The predicted molar refractivity (Wildman–Crippen MR) is 107 cm³/mol. The lowest BCUT2D eigenvalue weighted by Crippen LogP contribution is -2.47. The minimum atomic E-state index is -4.66. The van der Waals surface area contributed by atoms with Crippen LogP contribution in [0.5, 0.6) is 0 Å². The zero-order valence-electron chi connectivity index (χ0n) is 16.5. The highest BCUT2D eigenvalue weighted by atomic mass is 32.2. The predicted octanol–water partition coefficient (Wildman–Crippen LogP) is 4.51. The number of para-hydroxylation sites is 1. The van der Waals surface area contributed by atoms with Crippen molar-refractivity contribution in [3.8, 4) is 0 Å². The van der Waals surface area contributed by atoms with Crippen LogP contribution >= 0.6 is 0 Å². The van der Waals surface area contributed by atoms with Gasteiger partial charge in [0.2, 0.25) is 15.9 Å². The van der Waals surface area contributed by atoms with Crippen LogP contribution in [0.25, 0.3) is 0 Å². The Morgan fingerprint density at radius 1 is 1.10 bits per heavy atom. The van der Waals surface area contributed by atoms with Gasteiger partial charge in [0.25, 0.3) is 0 Å². The highest BCUT2D eigenvalue weighted by Gasteiger charge is 2.36. The van der Waals surface area contributed by atoms with Crippen molar-refractivity contribution < 1.29 is 26.4 Å². The van der Waals surface area contributed by atoms with E-state index < -0.39 is 39.4 Å². The molecule has 1 unspecified atom stereocenters. The maximum atomic E-state index is 13.2. The van der Waals surface area contributed by atoms with Gasteiger partial charge in [0.05, 0.1) is 23.2 Å². The molecule has 2 aromatic carbocycles. The molecular weight excluding hydrogens is 405 g/mol. The monoisotopic (exact) mass is 428 g/mol. The van der Waals surface area contributed by atoms with Gasteiger partial charge in [0.1, 0.15) is 6.04 Å². The van der Waals surface area contributed by atoms with Gasteiger partial charge in [0.15, 0.2) is 0 Å². The second-order valence-corrected chi connectivity index (χ2v) is 8.64. The summed E-state index contributed by atoms with van der Waals surface area (Å²) in [6, 6.07) is 8.29. The van der Waals surface area contributed by atoms with Crippen LogP contribution in [0.15, 0.2) is 42.5 Å². The smallest absolute Gasteiger partial charge is 0.324 e. The topological polar surface area (TPSA) is 66.5 Å². The van der Waals surface area contributed by atoms with Gasteiger partial charge < -0.3 is 5.32 Å². The van der Waals surface area contributed by atoms with Crippen molar-refractivity contribution in [1.29, 1.82) is 0 Å². The fraction of sp³-hybridized carbons (Fsp3) is 0.350. The molecule has 0 saturated carbocycles. The number of anilines is 2. The number of sulfonamides is 1. The zero-order chi connectivity index (χ0) is 22.0. The number of hydrogen-bond donors (Lipinski definition) is 1. The summed E-state index contributed by atoms with van der Waals surface area (Å²) in [6.07, 6.45) is -3.63. The minimum absolute atomic E-state index is 0.0695. The van der Waals surface area contributed by atoms with Gasteiger partial charge >= 0.3 is 6.18 Å². The van der Waals surface area contributed by atoms with Crippen molar-refractivity contribution in [1.82, 2.24) is 0 Å². The fourth-order valence-corrected chi connectivity index (χ4v) is 4.18. The van der Waals surface area contributed by atoms with E-state index in [2.05, 4.69) is 5.32 Å². The third-order valence-electron chi connectivity index (χ3n) is 4.57. The summed E-state index contributed by atoms with van der Waals surface area (Å²) in [5.41, 5.74) is 0.631. The van der Waals surface area contributed by atoms with E-state index in [4.69, 9.17) is 0 Å². The number of rotatable bonds is 6. The van der Waals surface area contributed by atoms with E-state index in [-0.39, 0.29) is 12.1 Å². The lowest BCUT2D eigenvalue weighted by Gasteiger charge is -2.30. The number of halogens is 3. The van der Waals surface area contributed by atoms with Crippen molar-refractivity contribution >= 4 is 27.3 Å². The highest BCUT2D eigenvalue weighted by molar-refractivity contribution is 7.92. The molecule has 1 N–H and O–H groups in total. The molecule has 5 nitrogen and oxygen atoms in total. The molecule has 9 heteroatoms. The second-order valence-electron chi connectivity index (χ2n) is 6.78. The van der Waals surface area contributed by atoms with Gasteiger partial charge in [-0.15, -0.1) is 0 Å². The van der Waals surface area contributed by atoms with Crippen molar-refractivity contribution in [3.05, 3.63) is 59.2 Å². The number of carbonyl (C=O) groups is 1. The molecule has 158 valence electrons. The van der Waals surface area contributed by atoms with Crippen LogP contribution in [0, 0.1) is 13.8 Å². The Bertz CT molecular complexity index is 1000. The molecule has 1 atom stereocenters. The maximum absolute atomic E-state index is 13.2. The first-order valence-electron chi connectivity index (χ1n) is 8.90. The first-order chi connectivity index (χ1) is 13.4. The van der Waals surface area contributed by atoms with Crippen LogP contribution in [0.4, 0.5) is 24.5 Å². The average Bonchev–Trinajstić information content (AvgIpc) is 2.60. The minimum Gasteiger partial charge on any atom is -0.324 e. The van der Waals surface area contributed by atoms with Gasteiger partial charge in [-0.2, -0.15) is 13.2 Å². The molecule has 0 radical (unpaired) electrons. The van der Waals surface area contributed by atoms with Crippen molar-refractivity contribution in [2.75, 3.05) is 15.9 Å². The molecule has 0 bridgehead atoms. The number of amides is 1. The number of aryl methyl sites for hydroxylation is 2. The first kappa shape index (κ1) is 22.7. The molecule has 0 aliphatic carbocycles. The Balaban J connectivity index is 2.46. The summed E-state index contributed by atoms with van der Waals surface area (Å²) in [5, 5.41) is 2.25. The van der Waals surface area contributed by atoms with E-state index in [9.17, 15) is 26.4 Å². The quantitative estimate of drug-likeness (QED) is 0.737. The van der Waals surface area contributed by atoms with Gasteiger partial charge in [-0.1, -0.05) is 25.1 Å². The molecule has 0 aliphatic rings. The SMILES string of the molecule is CCC(C(=O)Nc1ccccc1C(F)(F)F)N(c1ccc(C)c(C)c1)S(C)(=O)=O. The van der Waals surface area contributed by atoms with Gasteiger partial charge in [0, 0.05) is 0 Å². The number of hydrogen-bond acceptors (Lipinski definition) is 3. The molecule has 0 spiro atoms. The van der Waals surface area contributed by atoms with Gasteiger partial charge in [-0.25, -0.2) is 8.42 Å². The largest absolute Gasteiger partial charge is 0.418 e. The maximum Gasteiger partial charge on any atom is 0.418 e. The van der Waals surface area contributed by atoms with Crippen LogP contribution in [-0.2, 0) is 21.0 Å². The van der Waals surface area contributed by atoms with E-state index in [1.54, 1.807) is 32.0 Å². The van der Waals surface area contributed by atoms with E-state index in [0.29, 0.717) is 0 Å². The average molecular weight is 428 g/mol. The van der Waals surface area contributed by atoms with Gasteiger partial charge in [-0.3, -0.25) is 9.10 Å². The highest BCUT2D eigenvalue weighted by Crippen LogP contribution is 2.35. The van der Waals surface area contributed by atoms with Crippen LogP contribution in [-0.4, -0.2) is 26.6 Å². The Labute approximate surface area is 168 Å². The summed E-state index contributed by atoms with van der Waals surface area (Å²) >= 11 is 0. The lowest BCUT2D eigenvalue weighted by molar-refractivity contribution is -0.137. The Morgan fingerprint density at radius 3 is 2.24 bits per heavy atom. The van der Waals surface area contributed by atoms with Gasteiger partial charge in [-0.05, 0) is 55.7 Å². The molecule has 0 aliphatic heterocycles. The third-order valence-corrected chi connectivity index (χ3v) is 5.74.